The Morgan fingerprint density at radius 3 is 2.36 bits per heavy atom. The highest BCUT2D eigenvalue weighted by Crippen LogP contribution is 2.43. The van der Waals surface area contributed by atoms with Crippen molar-refractivity contribution in [2.24, 2.45) is 0 Å². The molecule has 0 saturated carbocycles. The van der Waals surface area contributed by atoms with Gasteiger partial charge < -0.3 is 18.8 Å². The number of carbonyl (C=O) groups is 1. The normalized spacial score (nSPS) is 19.6. The Kier molecular flexibility index (Phi) is 6.23. The van der Waals surface area contributed by atoms with E-state index in [0.717, 1.165) is 10.0 Å². The van der Waals surface area contributed by atoms with Crippen LogP contribution in [0.3, 0.4) is 0 Å². The average molecular weight is 413 g/mol. The predicted molar refractivity (Wildman–Crippen MR) is 101 cm³/mol. The number of hydrogen-bond acceptors (Lipinski definition) is 5. The van der Waals surface area contributed by atoms with E-state index in [2.05, 4.69) is 15.9 Å². The summed E-state index contributed by atoms with van der Waals surface area (Å²) in [4.78, 5) is 12.2. The van der Waals surface area contributed by atoms with Crippen molar-refractivity contribution in [3.05, 3.63) is 28.2 Å². The Bertz CT molecular complexity index is 616. The van der Waals surface area contributed by atoms with Gasteiger partial charge in [-0.15, -0.1) is 0 Å². The minimum Gasteiger partial charge on any atom is -0.497 e. The zero-order valence-corrected chi connectivity index (χ0v) is 17.3. The number of benzene rings is 1. The van der Waals surface area contributed by atoms with Gasteiger partial charge in [0.1, 0.15) is 5.75 Å². The summed E-state index contributed by atoms with van der Waals surface area (Å²) in [6.45, 7) is 10.1. The highest BCUT2D eigenvalue weighted by molar-refractivity contribution is 9.10. The topological polar surface area (TPSA) is 54.0 Å². The molecule has 25 heavy (non-hydrogen) atoms. The third-order valence-electron chi connectivity index (χ3n) is 4.89. The van der Waals surface area contributed by atoms with Gasteiger partial charge in [0.15, 0.2) is 0 Å². The molecule has 1 aliphatic heterocycles. The number of hydrogen-bond donors (Lipinski definition) is 0. The van der Waals surface area contributed by atoms with Gasteiger partial charge in [-0.05, 0) is 58.4 Å². The standard InChI is InChI=1S/C18H26BBrO5/c1-7-23-16(21)11-14(13-10-12(22-6)8-9-15(13)20)19-24-17(2,3)18(4,5)25-19/h8-10,14H,7,11H2,1-6H3. The van der Waals surface area contributed by atoms with Crippen LogP contribution >= 0.6 is 15.9 Å². The Morgan fingerprint density at radius 1 is 1.24 bits per heavy atom. The Balaban J connectivity index is 2.39. The lowest BCUT2D eigenvalue weighted by atomic mass is 9.66. The third kappa shape index (κ3) is 4.38. The van der Waals surface area contributed by atoms with Gasteiger partial charge in [0, 0.05) is 10.3 Å². The smallest absolute Gasteiger partial charge is 0.466 e. The van der Waals surface area contributed by atoms with Crippen LogP contribution in [0.25, 0.3) is 0 Å². The van der Waals surface area contributed by atoms with Crippen LogP contribution in [0, 0.1) is 0 Å². The second-order valence-corrected chi connectivity index (χ2v) is 7.98. The van der Waals surface area contributed by atoms with Crippen molar-refractivity contribution in [1.82, 2.24) is 0 Å². The molecule has 0 aliphatic carbocycles. The molecule has 1 aliphatic rings. The minimum absolute atomic E-state index is 0.163. The predicted octanol–water partition coefficient (Wildman–Crippen LogP) is 4.13. The molecular formula is C18H26BBrO5. The zero-order valence-electron chi connectivity index (χ0n) is 15.7. The van der Waals surface area contributed by atoms with Gasteiger partial charge in [-0.25, -0.2) is 0 Å². The largest absolute Gasteiger partial charge is 0.497 e. The van der Waals surface area contributed by atoms with Gasteiger partial charge in [-0.2, -0.15) is 0 Å². The summed E-state index contributed by atoms with van der Waals surface area (Å²) in [5.74, 6) is 0.116. The summed E-state index contributed by atoms with van der Waals surface area (Å²) < 4.78 is 23.8. The van der Waals surface area contributed by atoms with Crippen LogP contribution in [0.2, 0.25) is 0 Å². The number of halogens is 1. The van der Waals surface area contributed by atoms with Crippen LogP contribution in [0.4, 0.5) is 0 Å². The van der Waals surface area contributed by atoms with E-state index in [-0.39, 0.29) is 18.2 Å². The fourth-order valence-electron chi connectivity index (χ4n) is 2.74. The van der Waals surface area contributed by atoms with Gasteiger partial charge in [-0.3, -0.25) is 4.79 Å². The maximum absolute atomic E-state index is 12.2. The van der Waals surface area contributed by atoms with Gasteiger partial charge in [0.2, 0.25) is 0 Å². The lowest BCUT2D eigenvalue weighted by molar-refractivity contribution is -0.143. The summed E-state index contributed by atoms with van der Waals surface area (Å²) in [6.07, 6.45) is 0.163. The van der Waals surface area contributed by atoms with Crippen LogP contribution in [0.15, 0.2) is 22.7 Å². The van der Waals surface area contributed by atoms with E-state index in [1.165, 1.54) is 0 Å². The molecule has 0 amide bonds. The summed E-state index contributed by atoms with van der Waals surface area (Å²) in [5, 5.41) is 0. The summed E-state index contributed by atoms with van der Waals surface area (Å²) in [5.41, 5.74) is -0.0582. The van der Waals surface area contributed by atoms with E-state index in [9.17, 15) is 4.79 Å². The number of esters is 1. The second-order valence-electron chi connectivity index (χ2n) is 7.13. The molecule has 1 fully saturated rings. The van der Waals surface area contributed by atoms with E-state index in [1.54, 1.807) is 14.0 Å². The van der Waals surface area contributed by atoms with E-state index in [0.29, 0.717) is 12.4 Å². The fourth-order valence-corrected chi connectivity index (χ4v) is 3.28. The first-order valence-corrected chi connectivity index (χ1v) is 9.25. The Morgan fingerprint density at radius 2 is 1.84 bits per heavy atom. The molecule has 0 aromatic heterocycles. The SMILES string of the molecule is CCOC(=O)CC(B1OC(C)(C)C(C)(C)O1)c1cc(OC)ccc1Br. The van der Waals surface area contributed by atoms with Crippen molar-refractivity contribution >= 4 is 29.0 Å². The Labute approximate surface area is 158 Å². The van der Waals surface area contributed by atoms with Crippen molar-refractivity contribution in [1.29, 1.82) is 0 Å². The van der Waals surface area contributed by atoms with Gasteiger partial charge in [0.05, 0.1) is 31.3 Å². The highest BCUT2D eigenvalue weighted by atomic mass is 79.9. The molecule has 7 heteroatoms. The van der Waals surface area contributed by atoms with Crippen molar-refractivity contribution in [2.45, 2.75) is 58.1 Å². The summed E-state index contributed by atoms with van der Waals surface area (Å²) in [7, 11) is 1.06. The van der Waals surface area contributed by atoms with E-state index < -0.39 is 18.3 Å². The molecule has 0 N–H and O–H groups in total. The quantitative estimate of drug-likeness (QED) is 0.519. The Hall–Kier alpha value is -1.05. The van der Waals surface area contributed by atoms with Crippen LogP contribution in [0.1, 0.15) is 52.4 Å². The first kappa shape index (κ1) is 20.3. The molecule has 0 bridgehead atoms. The maximum Gasteiger partial charge on any atom is 0.466 e. The summed E-state index contributed by atoms with van der Waals surface area (Å²) >= 11 is 3.57. The van der Waals surface area contributed by atoms with Crippen LogP contribution in [-0.2, 0) is 18.8 Å². The first-order valence-electron chi connectivity index (χ1n) is 8.46. The van der Waals surface area contributed by atoms with Crippen molar-refractivity contribution in [3.8, 4) is 5.75 Å². The highest BCUT2D eigenvalue weighted by Gasteiger charge is 2.54. The fraction of sp³-hybridized carbons (Fsp3) is 0.611. The molecule has 1 aromatic rings. The third-order valence-corrected chi connectivity index (χ3v) is 5.62. The first-order chi connectivity index (χ1) is 11.6. The average Bonchev–Trinajstić information content (AvgIpc) is 2.74. The molecule has 1 atom stereocenters. The molecule has 1 heterocycles. The van der Waals surface area contributed by atoms with Gasteiger partial charge in [0.25, 0.3) is 0 Å². The van der Waals surface area contributed by atoms with Crippen LogP contribution in [-0.4, -0.2) is 38.0 Å². The van der Waals surface area contributed by atoms with E-state index in [4.69, 9.17) is 18.8 Å². The minimum atomic E-state index is -0.558. The second kappa shape index (κ2) is 7.68. The van der Waals surface area contributed by atoms with Crippen LogP contribution in [0.5, 0.6) is 5.75 Å². The monoisotopic (exact) mass is 412 g/mol. The van der Waals surface area contributed by atoms with Crippen LogP contribution < -0.4 is 4.74 Å². The van der Waals surface area contributed by atoms with E-state index in [1.807, 2.05) is 45.9 Å². The molecule has 0 radical (unpaired) electrons. The number of methoxy groups -OCH3 is 1. The van der Waals surface area contributed by atoms with E-state index >= 15 is 0 Å². The van der Waals surface area contributed by atoms with Gasteiger partial charge >= 0.3 is 13.1 Å². The molecule has 1 unspecified atom stereocenters. The lowest BCUT2D eigenvalue weighted by Crippen LogP contribution is -2.41. The molecule has 0 spiro atoms. The number of rotatable bonds is 6. The van der Waals surface area contributed by atoms with Crippen molar-refractivity contribution in [2.75, 3.05) is 13.7 Å². The molecule has 1 aromatic carbocycles. The molecular weight excluding hydrogens is 387 g/mol. The molecule has 1 saturated heterocycles. The van der Waals surface area contributed by atoms with Crippen molar-refractivity contribution < 1.29 is 23.6 Å². The zero-order chi connectivity index (χ0) is 18.8. The molecule has 2 rings (SSSR count). The van der Waals surface area contributed by atoms with Crippen molar-refractivity contribution in [3.63, 3.8) is 0 Å². The summed E-state index contributed by atoms with van der Waals surface area (Å²) in [6, 6.07) is 5.66. The molecule has 138 valence electrons. The molecule has 5 nitrogen and oxygen atoms in total. The van der Waals surface area contributed by atoms with Gasteiger partial charge in [-0.1, -0.05) is 15.9 Å². The lowest BCUT2D eigenvalue weighted by Gasteiger charge is -2.32. The number of ether oxygens (including phenoxy) is 2. The maximum atomic E-state index is 12.2. The number of carbonyl (C=O) groups excluding carboxylic acids is 1.